The van der Waals surface area contributed by atoms with Crippen LogP contribution in [0.3, 0.4) is 0 Å². The smallest absolute Gasteiger partial charge is 0.0924 e. The Hall–Kier alpha value is -5.42. The number of nitrogens with zero attached hydrogens (tertiary/aromatic N) is 5. The summed E-state index contributed by atoms with van der Waals surface area (Å²) in [5.41, 5.74) is 14.3. The molecule has 6 saturated carbocycles. The SMILES string of the molecule is c1ccc(N(c2cccc(C34CCC(c5ccnc6cccnc56)(C3)C4)c2)c2cccc(C34CCC(c5ccnc6cccnc56)(C3)C4)c2)cc1. The lowest BCUT2D eigenvalue weighted by atomic mass is 9.55. The molecular formula is C46H39N5. The Balaban J connectivity index is 0.929. The van der Waals surface area contributed by atoms with Crippen LogP contribution in [0.4, 0.5) is 17.1 Å². The van der Waals surface area contributed by atoms with E-state index in [4.69, 9.17) is 9.97 Å². The van der Waals surface area contributed by atoms with Crippen molar-refractivity contribution < 1.29 is 0 Å². The summed E-state index contributed by atoms with van der Waals surface area (Å²) in [4.78, 5) is 21.3. The minimum absolute atomic E-state index is 0.191. The van der Waals surface area contributed by atoms with Crippen molar-refractivity contribution in [2.75, 3.05) is 4.90 Å². The second kappa shape index (κ2) is 10.6. The van der Waals surface area contributed by atoms with E-state index in [1.807, 2.05) is 36.9 Å². The molecule has 0 radical (unpaired) electrons. The molecule has 51 heavy (non-hydrogen) atoms. The van der Waals surface area contributed by atoms with Crippen LogP contribution >= 0.6 is 0 Å². The molecule has 7 aromatic rings. The van der Waals surface area contributed by atoms with Crippen molar-refractivity contribution in [2.24, 2.45) is 0 Å². The first kappa shape index (κ1) is 29.3. The van der Waals surface area contributed by atoms with E-state index in [0.717, 1.165) is 22.1 Å². The molecular weight excluding hydrogens is 623 g/mol. The van der Waals surface area contributed by atoms with Gasteiger partial charge in [-0.3, -0.25) is 19.9 Å². The number of aromatic nitrogens is 4. The van der Waals surface area contributed by atoms with Gasteiger partial charge in [0.1, 0.15) is 0 Å². The predicted octanol–water partition coefficient (Wildman–Crippen LogP) is 10.6. The van der Waals surface area contributed by atoms with E-state index in [1.54, 1.807) is 0 Å². The third kappa shape index (κ3) is 4.21. The highest BCUT2D eigenvalue weighted by Gasteiger charge is 2.63. The zero-order valence-corrected chi connectivity index (χ0v) is 28.7. The van der Waals surface area contributed by atoms with Crippen LogP contribution in [-0.4, -0.2) is 19.9 Å². The van der Waals surface area contributed by atoms with E-state index in [2.05, 4.69) is 118 Å². The summed E-state index contributed by atoms with van der Waals surface area (Å²) < 4.78 is 0. The number of fused-ring (bicyclic) bond motifs is 4. The van der Waals surface area contributed by atoms with Crippen molar-refractivity contribution in [1.82, 2.24) is 19.9 Å². The van der Waals surface area contributed by atoms with Gasteiger partial charge >= 0.3 is 0 Å². The maximum atomic E-state index is 4.80. The third-order valence-corrected chi connectivity index (χ3v) is 13.5. The van der Waals surface area contributed by atoms with Crippen molar-refractivity contribution in [3.63, 3.8) is 0 Å². The Morgan fingerprint density at radius 1 is 0.392 bits per heavy atom. The summed E-state index contributed by atoms with van der Waals surface area (Å²) in [6.07, 6.45) is 17.3. The number of para-hydroxylation sites is 1. The summed E-state index contributed by atoms with van der Waals surface area (Å²) in [5.74, 6) is 0. The quantitative estimate of drug-likeness (QED) is 0.170. The van der Waals surface area contributed by atoms with E-state index in [9.17, 15) is 0 Å². The molecule has 6 aliphatic carbocycles. The standard InChI is InChI=1S/C46H39N5/c1-2-10-34(11-3-1)51(35-12-4-8-32(26-35)43-18-20-45(28-43,29-43)37-16-24-47-39-14-6-22-49-41(37)39)36-13-5-9-33(27-36)44-19-21-46(30-44,31-44)38-17-25-48-40-15-7-23-50-42(38)40/h1-17,22-27H,18-21,28-31H2. The van der Waals surface area contributed by atoms with Crippen LogP contribution in [0, 0.1) is 0 Å². The molecule has 0 unspecified atom stereocenters. The zero-order valence-electron chi connectivity index (χ0n) is 28.7. The first-order chi connectivity index (χ1) is 25.1. The average molecular weight is 662 g/mol. The normalized spacial score (nSPS) is 27.3. The van der Waals surface area contributed by atoms with Gasteiger partial charge in [-0.1, -0.05) is 42.5 Å². The molecule has 6 aliphatic rings. The second-order valence-corrected chi connectivity index (χ2v) is 16.1. The lowest BCUT2D eigenvalue weighted by Gasteiger charge is -2.49. The topological polar surface area (TPSA) is 54.8 Å². The van der Waals surface area contributed by atoms with Crippen LogP contribution in [0.15, 0.2) is 140 Å². The minimum atomic E-state index is 0.191. The molecule has 0 amide bonds. The van der Waals surface area contributed by atoms with E-state index in [-0.39, 0.29) is 21.7 Å². The Kier molecular flexibility index (Phi) is 6.07. The molecule has 0 spiro atoms. The van der Waals surface area contributed by atoms with Gasteiger partial charge in [0, 0.05) is 41.8 Å². The van der Waals surface area contributed by atoms with Crippen molar-refractivity contribution >= 4 is 39.1 Å². The van der Waals surface area contributed by atoms with Crippen LogP contribution in [0.2, 0.25) is 0 Å². The molecule has 4 aromatic heterocycles. The number of pyridine rings is 4. The molecule has 4 heterocycles. The van der Waals surface area contributed by atoms with Crippen LogP contribution in [0.5, 0.6) is 0 Å². The van der Waals surface area contributed by atoms with E-state index in [0.29, 0.717) is 0 Å². The van der Waals surface area contributed by atoms with Crippen LogP contribution in [-0.2, 0) is 21.7 Å². The fourth-order valence-electron chi connectivity index (χ4n) is 11.3. The van der Waals surface area contributed by atoms with Crippen molar-refractivity contribution in [3.8, 4) is 0 Å². The molecule has 248 valence electrons. The van der Waals surface area contributed by atoms with Crippen molar-refractivity contribution in [1.29, 1.82) is 0 Å². The van der Waals surface area contributed by atoms with Crippen molar-refractivity contribution in [3.05, 3.63) is 162 Å². The fraction of sp³-hybridized carbons (Fsp3) is 0.261. The number of benzene rings is 3. The van der Waals surface area contributed by atoms with Gasteiger partial charge in [0.2, 0.25) is 0 Å². The Morgan fingerprint density at radius 3 is 1.37 bits per heavy atom. The maximum Gasteiger partial charge on any atom is 0.0924 e. The molecule has 5 heteroatoms. The van der Waals surface area contributed by atoms with Gasteiger partial charge in [-0.15, -0.1) is 0 Å². The van der Waals surface area contributed by atoms with E-state index in [1.165, 1.54) is 90.7 Å². The summed E-state index contributed by atoms with van der Waals surface area (Å²) in [5, 5.41) is 0. The van der Waals surface area contributed by atoms with Crippen LogP contribution in [0.25, 0.3) is 22.1 Å². The van der Waals surface area contributed by atoms with Gasteiger partial charge in [0.05, 0.1) is 22.1 Å². The molecule has 0 saturated heterocycles. The maximum absolute atomic E-state index is 4.80. The van der Waals surface area contributed by atoms with Gasteiger partial charge in [-0.05, 0) is 168 Å². The van der Waals surface area contributed by atoms with E-state index < -0.39 is 0 Å². The first-order valence-corrected chi connectivity index (χ1v) is 18.5. The highest BCUT2D eigenvalue weighted by atomic mass is 15.1. The molecule has 4 bridgehead atoms. The third-order valence-electron chi connectivity index (χ3n) is 13.5. The Bertz CT molecular complexity index is 2310. The molecule has 3 aromatic carbocycles. The average Bonchev–Trinajstić information content (AvgIpc) is 3.95. The van der Waals surface area contributed by atoms with E-state index >= 15 is 0 Å². The number of anilines is 3. The number of rotatable bonds is 7. The largest absolute Gasteiger partial charge is 0.310 e. The monoisotopic (exact) mass is 661 g/mol. The molecule has 0 N–H and O–H groups in total. The Labute approximate surface area is 298 Å². The summed E-state index contributed by atoms with van der Waals surface area (Å²) in [7, 11) is 0. The van der Waals surface area contributed by atoms with Crippen molar-refractivity contribution in [2.45, 2.75) is 73.0 Å². The van der Waals surface area contributed by atoms with Crippen LogP contribution < -0.4 is 4.90 Å². The van der Waals surface area contributed by atoms with Gasteiger partial charge in [-0.25, -0.2) is 0 Å². The highest BCUT2D eigenvalue weighted by Crippen LogP contribution is 2.70. The van der Waals surface area contributed by atoms with Gasteiger partial charge in [0.15, 0.2) is 0 Å². The Morgan fingerprint density at radius 2 is 0.863 bits per heavy atom. The first-order valence-electron chi connectivity index (χ1n) is 18.5. The lowest BCUT2D eigenvalue weighted by molar-refractivity contribution is 0.195. The summed E-state index contributed by atoms with van der Waals surface area (Å²) in [6.45, 7) is 0. The lowest BCUT2D eigenvalue weighted by Crippen LogP contribution is -2.44. The van der Waals surface area contributed by atoms with Crippen LogP contribution in [0.1, 0.15) is 73.6 Å². The van der Waals surface area contributed by atoms with Gasteiger partial charge in [-0.2, -0.15) is 0 Å². The minimum Gasteiger partial charge on any atom is -0.310 e. The zero-order chi connectivity index (χ0) is 33.7. The second-order valence-electron chi connectivity index (χ2n) is 16.1. The van der Waals surface area contributed by atoms with Gasteiger partial charge < -0.3 is 4.90 Å². The number of hydrogen-bond acceptors (Lipinski definition) is 5. The van der Waals surface area contributed by atoms with Gasteiger partial charge in [0.25, 0.3) is 0 Å². The number of hydrogen-bond donors (Lipinski definition) is 0. The summed E-state index contributed by atoms with van der Waals surface area (Å²) in [6, 6.07) is 42.4. The fourth-order valence-corrected chi connectivity index (χ4v) is 11.3. The molecule has 5 nitrogen and oxygen atoms in total. The molecule has 13 rings (SSSR count). The molecule has 6 fully saturated rings. The summed E-state index contributed by atoms with van der Waals surface area (Å²) >= 11 is 0. The highest BCUT2D eigenvalue weighted by molar-refractivity contribution is 5.81. The molecule has 0 atom stereocenters. The predicted molar refractivity (Wildman–Crippen MR) is 204 cm³/mol. The molecule has 0 aliphatic heterocycles.